The van der Waals surface area contributed by atoms with Crippen molar-refractivity contribution in [3.63, 3.8) is 0 Å². The summed E-state index contributed by atoms with van der Waals surface area (Å²) in [6, 6.07) is 4.46. The predicted molar refractivity (Wildman–Crippen MR) is 165 cm³/mol. The summed E-state index contributed by atoms with van der Waals surface area (Å²) in [5.74, 6) is 1.29. The highest BCUT2D eigenvalue weighted by Crippen LogP contribution is 2.76. The molecule has 1 aromatic rings. The van der Waals surface area contributed by atoms with Crippen LogP contribution >= 0.6 is 0 Å². The van der Waals surface area contributed by atoms with Crippen molar-refractivity contribution in [1.29, 1.82) is 0 Å². The molecule has 0 amide bonds. The van der Waals surface area contributed by atoms with Crippen molar-refractivity contribution < 1.29 is 23.5 Å². The van der Waals surface area contributed by atoms with Crippen LogP contribution in [0, 0.1) is 29.6 Å². The first kappa shape index (κ1) is 29.0. The van der Waals surface area contributed by atoms with E-state index in [-0.39, 0.29) is 40.6 Å². The van der Waals surface area contributed by atoms with Crippen molar-refractivity contribution in [2.45, 2.75) is 141 Å². The fraction of sp³-hybridized carbons (Fsp3) is 0.771. The van der Waals surface area contributed by atoms with Crippen molar-refractivity contribution in [1.82, 2.24) is 4.90 Å². The average molecular weight is 594 g/mol. The Morgan fingerprint density at radius 1 is 1.10 bits per heavy atom. The standard InChI is InChI=1S/C35H51NO5Si/c1-21-14-25-24(27(15-21)41-42(9,10)30(3,4)5)16-26(37)29-31(25,6)20-35-33(8,32(29,7)18-28(38)40-35)11-12-34-17-22(2)13-23(39-34)19-36(34)35/h14-15,22-23,29H,11-13,16-20H2,1-10H3/t22-,23+,29-,31-,32-,33-,34-,35+/m0/s1. The van der Waals surface area contributed by atoms with Gasteiger partial charge in [-0.25, -0.2) is 4.90 Å². The van der Waals surface area contributed by atoms with E-state index in [9.17, 15) is 9.59 Å². The van der Waals surface area contributed by atoms with Gasteiger partial charge in [0.15, 0.2) is 5.72 Å². The lowest BCUT2D eigenvalue weighted by Crippen LogP contribution is -2.82. The van der Waals surface area contributed by atoms with Gasteiger partial charge in [0, 0.05) is 41.7 Å². The summed E-state index contributed by atoms with van der Waals surface area (Å²) in [4.78, 5) is 30.8. The van der Waals surface area contributed by atoms with E-state index in [0.717, 1.165) is 49.1 Å². The number of benzene rings is 1. The highest BCUT2D eigenvalue weighted by atomic mass is 28.4. The predicted octanol–water partition coefficient (Wildman–Crippen LogP) is 7.06. The molecule has 5 fully saturated rings. The smallest absolute Gasteiger partial charge is 0.308 e. The Balaban J connectivity index is 1.44. The summed E-state index contributed by atoms with van der Waals surface area (Å²) in [5, 5.41) is 0.0419. The summed E-state index contributed by atoms with van der Waals surface area (Å²) >= 11 is 0. The van der Waals surface area contributed by atoms with Crippen molar-refractivity contribution in [3.05, 3.63) is 28.8 Å². The number of fused-ring (bicyclic) bond motifs is 5. The van der Waals surface area contributed by atoms with E-state index in [1.54, 1.807) is 0 Å². The zero-order valence-corrected chi connectivity index (χ0v) is 28.5. The van der Waals surface area contributed by atoms with Crippen LogP contribution in [0.4, 0.5) is 0 Å². The van der Waals surface area contributed by atoms with Gasteiger partial charge in [-0.2, -0.15) is 0 Å². The third-order valence-corrected chi connectivity index (χ3v) is 18.0. The molecule has 2 aliphatic carbocycles. The van der Waals surface area contributed by atoms with Crippen molar-refractivity contribution >= 4 is 20.1 Å². The minimum Gasteiger partial charge on any atom is -0.543 e. The zero-order chi connectivity index (χ0) is 30.5. The number of piperidine rings is 1. The number of aryl methyl sites for hydroxylation is 1. The van der Waals surface area contributed by atoms with Crippen LogP contribution in [-0.2, 0) is 30.9 Å². The van der Waals surface area contributed by atoms with Crippen LogP contribution in [0.1, 0.15) is 104 Å². The van der Waals surface area contributed by atoms with E-state index in [4.69, 9.17) is 13.9 Å². The van der Waals surface area contributed by atoms with Crippen LogP contribution < -0.4 is 4.43 Å². The number of nitrogens with zero attached hydrogens (tertiary/aromatic N) is 1. The number of ketones is 1. The summed E-state index contributed by atoms with van der Waals surface area (Å²) in [6.07, 6.45) is 5.26. The van der Waals surface area contributed by atoms with Crippen LogP contribution in [0.3, 0.4) is 0 Å². The van der Waals surface area contributed by atoms with Gasteiger partial charge in [-0.3, -0.25) is 9.59 Å². The van der Waals surface area contributed by atoms with Gasteiger partial charge in [-0.05, 0) is 79.3 Å². The molecule has 6 nitrogen and oxygen atoms in total. The lowest BCUT2D eigenvalue weighted by atomic mass is 9.36. The van der Waals surface area contributed by atoms with E-state index in [1.165, 1.54) is 5.56 Å². The quantitative estimate of drug-likeness (QED) is 0.270. The Kier molecular flexibility index (Phi) is 5.74. The number of ether oxygens (including phenoxy) is 2. The van der Waals surface area contributed by atoms with E-state index in [2.05, 4.69) is 85.5 Å². The average Bonchev–Trinajstić information content (AvgIpc) is 3.11. The van der Waals surface area contributed by atoms with Crippen LogP contribution in [0.25, 0.3) is 0 Å². The maximum Gasteiger partial charge on any atom is 0.308 e. The molecule has 4 heterocycles. The SMILES string of the molecule is Cc1cc(O[Si](C)(C)C(C)(C)C)c2c(c1)[C@]1(C)C[C@@]34OC(=O)C[C@@](C)([C@H]1C(=O)C2)[C@]3(C)CC[C@]12C[C@@H](C)C[C@H](CN14)O2. The molecular weight excluding hydrogens is 542 g/mol. The van der Waals surface area contributed by atoms with Gasteiger partial charge in [0.05, 0.1) is 12.5 Å². The van der Waals surface area contributed by atoms with Gasteiger partial charge < -0.3 is 13.9 Å². The van der Waals surface area contributed by atoms with E-state index in [0.29, 0.717) is 18.8 Å². The Bertz CT molecular complexity index is 1400. The van der Waals surface area contributed by atoms with Crippen LogP contribution in [-0.4, -0.2) is 49.1 Å². The molecule has 230 valence electrons. The molecule has 1 spiro atoms. The maximum atomic E-state index is 14.6. The molecule has 0 radical (unpaired) electrons. The van der Waals surface area contributed by atoms with Gasteiger partial charge in [0.2, 0.25) is 8.32 Å². The maximum absolute atomic E-state index is 14.6. The highest BCUT2D eigenvalue weighted by molar-refractivity contribution is 6.74. The first-order chi connectivity index (χ1) is 19.3. The number of esters is 1. The second kappa shape index (κ2) is 8.31. The molecule has 0 unspecified atom stereocenters. The van der Waals surface area contributed by atoms with Crippen molar-refractivity contribution in [3.8, 4) is 5.75 Å². The van der Waals surface area contributed by atoms with Gasteiger partial charge in [-0.1, -0.05) is 54.5 Å². The molecule has 8 atom stereocenters. The first-order valence-corrected chi connectivity index (χ1v) is 19.2. The lowest BCUT2D eigenvalue weighted by Gasteiger charge is -2.75. The minimum absolute atomic E-state index is 0.0419. The monoisotopic (exact) mass is 593 g/mol. The third-order valence-electron chi connectivity index (χ3n) is 13.7. The summed E-state index contributed by atoms with van der Waals surface area (Å²) < 4.78 is 20.6. The molecule has 4 saturated heterocycles. The molecule has 42 heavy (non-hydrogen) atoms. The molecule has 0 aromatic heterocycles. The fourth-order valence-electron chi connectivity index (χ4n) is 10.8. The van der Waals surface area contributed by atoms with Gasteiger partial charge in [0.1, 0.15) is 17.3 Å². The Morgan fingerprint density at radius 2 is 1.81 bits per heavy atom. The van der Waals surface area contributed by atoms with Crippen LogP contribution in [0.15, 0.2) is 12.1 Å². The van der Waals surface area contributed by atoms with Crippen molar-refractivity contribution in [2.24, 2.45) is 22.7 Å². The molecule has 1 aromatic carbocycles. The fourth-order valence-corrected chi connectivity index (χ4v) is 11.8. The Morgan fingerprint density at radius 3 is 2.50 bits per heavy atom. The first-order valence-electron chi connectivity index (χ1n) is 16.3. The number of Topliss-reactive ketones (excluding diaryl/α,β-unsaturated/α-hetero) is 1. The van der Waals surface area contributed by atoms with E-state index >= 15 is 0 Å². The van der Waals surface area contributed by atoms with Crippen LogP contribution in [0.2, 0.25) is 18.1 Å². The zero-order valence-electron chi connectivity index (χ0n) is 27.5. The number of carbonyl (C=O) groups is 2. The molecule has 0 N–H and O–H groups in total. The largest absolute Gasteiger partial charge is 0.543 e. The Labute approximate surface area is 253 Å². The lowest BCUT2D eigenvalue weighted by molar-refractivity contribution is -0.366. The molecular formula is C35H51NO5Si. The number of hydrogen-bond acceptors (Lipinski definition) is 6. The van der Waals surface area contributed by atoms with Crippen LogP contribution in [0.5, 0.6) is 5.75 Å². The van der Waals surface area contributed by atoms with Gasteiger partial charge in [0.25, 0.3) is 0 Å². The van der Waals surface area contributed by atoms with Crippen molar-refractivity contribution in [2.75, 3.05) is 6.54 Å². The molecule has 4 aliphatic heterocycles. The van der Waals surface area contributed by atoms with E-state index < -0.39 is 30.6 Å². The molecule has 6 aliphatic rings. The third kappa shape index (κ3) is 3.39. The topological polar surface area (TPSA) is 65.1 Å². The van der Waals surface area contributed by atoms with Gasteiger partial charge >= 0.3 is 5.97 Å². The summed E-state index contributed by atoms with van der Waals surface area (Å²) in [6.45, 7) is 23.5. The molecule has 7 rings (SSSR count). The number of carbonyl (C=O) groups excluding carboxylic acids is 2. The Hall–Kier alpha value is -1.70. The van der Waals surface area contributed by atoms with Gasteiger partial charge in [-0.15, -0.1) is 0 Å². The molecule has 4 bridgehead atoms. The molecule has 7 heteroatoms. The summed E-state index contributed by atoms with van der Waals surface area (Å²) in [7, 11) is -2.15. The second-order valence-electron chi connectivity index (χ2n) is 17.3. The minimum atomic E-state index is -2.15. The number of hydrogen-bond donors (Lipinski definition) is 0. The highest BCUT2D eigenvalue weighted by Gasteiger charge is 2.81. The van der Waals surface area contributed by atoms with E-state index in [1.807, 2.05) is 0 Å². The normalized spacial score (nSPS) is 44.5. The molecule has 1 saturated carbocycles. The number of rotatable bonds is 2. The second-order valence-corrected chi connectivity index (χ2v) is 22.1. The summed E-state index contributed by atoms with van der Waals surface area (Å²) in [5.41, 5.74) is 0.831.